The molecule has 9 heteroatoms. The molecule has 4 N–H and O–H groups in total. The normalized spacial score (nSPS) is 12.0. The molecule has 154 valence electrons. The van der Waals surface area contributed by atoms with E-state index < -0.39 is 0 Å². The number of benzene rings is 1. The van der Waals surface area contributed by atoms with Gasteiger partial charge in [-0.05, 0) is 44.2 Å². The number of aromatic amines is 1. The maximum atomic E-state index is 14.8. The molecule has 0 aliphatic rings. The maximum absolute atomic E-state index is 14.8. The summed E-state index contributed by atoms with van der Waals surface area (Å²) in [5.41, 5.74) is 2.53. The molecule has 0 saturated carbocycles. The van der Waals surface area contributed by atoms with Crippen LogP contribution in [-0.2, 0) is 4.79 Å². The van der Waals surface area contributed by atoms with Gasteiger partial charge in [-0.3, -0.25) is 4.79 Å². The summed E-state index contributed by atoms with van der Waals surface area (Å²) in [6, 6.07) is 8.58. The van der Waals surface area contributed by atoms with E-state index in [2.05, 4.69) is 42.5 Å². The molecule has 0 fully saturated rings. The molecule has 2 aromatic heterocycles. The van der Waals surface area contributed by atoms with E-state index in [-0.39, 0.29) is 17.7 Å². The second-order valence-corrected chi connectivity index (χ2v) is 6.54. The van der Waals surface area contributed by atoms with Crippen LogP contribution in [0.25, 0.3) is 10.9 Å². The maximum Gasteiger partial charge on any atom is 0.228 e. The van der Waals surface area contributed by atoms with Crippen LogP contribution in [0.1, 0.15) is 19.5 Å². The van der Waals surface area contributed by atoms with Gasteiger partial charge in [-0.15, -0.1) is 0 Å². The molecule has 1 aromatic carbocycles. The number of fused-ring (bicyclic) bond motifs is 1. The Morgan fingerprint density at radius 1 is 1.20 bits per heavy atom. The minimum absolute atomic E-state index is 0.205. The number of anilines is 3. The number of carbonyl (C=O) groups excluding carboxylic acids is 1. The Hall–Kier alpha value is -4.01. The number of H-pyrrole nitrogens is 1. The van der Waals surface area contributed by atoms with Gasteiger partial charge in [0.05, 0.1) is 17.6 Å². The van der Waals surface area contributed by atoms with Crippen molar-refractivity contribution in [2.24, 2.45) is 9.98 Å². The Bertz CT molecular complexity index is 1150. The molecule has 0 unspecified atom stereocenters. The molecule has 0 aliphatic carbocycles. The van der Waals surface area contributed by atoms with Gasteiger partial charge in [0.1, 0.15) is 11.7 Å². The second kappa shape index (κ2) is 8.99. The molecule has 8 nitrogen and oxygen atoms in total. The molecule has 0 radical (unpaired) electrons. The molecule has 0 spiro atoms. The number of nitrogens with zero attached hydrogens (tertiary/aromatic N) is 3. The van der Waals surface area contributed by atoms with Crippen LogP contribution in [0.5, 0.6) is 0 Å². The minimum atomic E-state index is -0.362. The van der Waals surface area contributed by atoms with Crippen molar-refractivity contribution in [2.45, 2.75) is 20.8 Å². The van der Waals surface area contributed by atoms with E-state index in [0.29, 0.717) is 28.4 Å². The molecule has 30 heavy (non-hydrogen) atoms. The summed E-state index contributed by atoms with van der Waals surface area (Å²) in [5.74, 6) is 0.532. The van der Waals surface area contributed by atoms with E-state index >= 15 is 0 Å². The van der Waals surface area contributed by atoms with Crippen LogP contribution in [0.15, 0.2) is 59.3 Å². The number of amides is 1. The van der Waals surface area contributed by atoms with E-state index in [1.54, 1.807) is 37.3 Å². The number of hydrogen-bond donors (Lipinski definition) is 4. The molecule has 3 rings (SSSR count). The quantitative estimate of drug-likeness (QED) is 0.380. The number of hydrogen-bond acceptors (Lipinski definition) is 3. The van der Waals surface area contributed by atoms with Crippen molar-refractivity contribution in [2.75, 3.05) is 16.0 Å². The average Bonchev–Trinajstić information content (AvgIpc) is 3.07. The number of aliphatic imine (C=N–C) groups is 2. The summed E-state index contributed by atoms with van der Waals surface area (Å²) in [7, 11) is 0. The smallest absolute Gasteiger partial charge is 0.228 e. The first kappa shape index (κ1) is 20.7. The van der Waals surface area contributed by atoms with Gasteiger partial charge >= 0.3 is 0 Å². The third-order valence-electron chi connectivity index (χ3n) is 4.00. The molecule has 3 aromatic rings. The number of pyridine rings is 1. The summed E-state index contributed by atoms with van der Waals surface area (Å²) < 4.78 is 14.8. The highest BCUT2D eigenvalue weighted by Crippen LogP contribution is 2.25. The lowest BCUT2D eigenvalue weighted by atomic mass is 10.2. The second-order valence-electron chi connectivity index (χ2n) is 6.54. The van der Waals surface area contributed by atoms with Crippen LogP contribution in [-0.4, -0.2) is 27.7 Å². The monoisotopic (exact) mass is 407 g/mol. The SMILES string of the molecule is C=CN=C(N=C(C)Nc1ccc2[nH]c(C)cc2c1F)Nc1ccc(NC(C)=O)nc1. The number of nitrogens with one attached hydrogen (secondary N) is 4. The van der Waals surface area contributed by atoms with Gasteiger partial charge in [0.2, 0.25) is 11.9 Å². The lowest BCUT2D eigenvalue weighted by Gasteiger charge is -2.10. The highest BCUT2D eigenvalue weighted by molar-refractivity contribution is 6.07. The Morgan fingerprint density at radius 3 is 2.67 bits per heavy atom. The highest BCUT2D eigenvalue weighted by Gasteiger charge is 2.10. The topological polar surface area (TPSA) is 107 Å². The van der Waals surface area contributed by atoms with Gasteiger partial charge < -0.3 is 20.9 Å². The number of rotatable bonds is 4. The summed E-state index contributed by atoms with van der Waals surface area (Å²) in [6.07, 6.45) is 2.87. The van der Waals surface area contributed by atoms with Crippen LogP contribution in [0.4, 0.5) is 21.6 Å². The first-order valence-electron chi connectivity index (χ1n) is 9.15. The zero-order valence-corrected chi connectivity index (χ0v) is 16.9. The van der Waals surface area contributed by atoms with Gasteiger partial charge in [-0.25, -0.2) is 19.4 Å². The molecule has 0 aliphatic heterocycles. The van der Waals surface area contributed by atoms with Crippen molar-refractivity contribution < 1.29 is 9.18 Å². The zero-order chi connectivity index (χ0) is 21.7. The molecule has 1 amide bonds. The Kier molecular flexibility index (Phi) is 6.21. The Labute approximate surface area is 173 Å². The number of amidine groups is 1. The van der Waals surface area contributed by atoms with Gasteiger partial charge in [-0.2, -0.15) is 0 Å². The first-order chi connectivity index (χ1) is 14.4. The lowest BCUT2D eigenvalue weighted by molar-refractivity contribution is -0.114. The molecule has 0 atom stereocenters. The number of carbonyl (C=O) groups is 1. The van der Waals surface area contributed by atoms with Crippen molar-refractivity contribution >= 4 is 45.8 Å². The minimum Gasteiger partial charge on any atom is -0.359 e. The lowest BCUT2D eigenvalue weighted by Crippen LogP contribution is -2.16. The van der Waals surface area contributed by atoms with Crippen molar-refractivity contribution in [3.63, 3.8) is 0 Å². The summed E-state index contributed by atoms with van der Waals surface area (Å²) in [5, 5.41) is 9.06. The summed E-state index contributed by atoms with van der Waals surface area (Å²) >= 11 is 0. The highest BCUT2D eigenvalue weighted by atomic mass is 19.1. The van der Waals surface area contributed by atoms with Crippen molar-refractivity contribution in [3.05, 3.63) is 60.8 Å². The van der Waals surface area contributed by atoms with E-state index in [1.165, 1.54) is 19.3 Å². The molecule has 0 saturated heterocycles. The van der Waals surface area contributed by atoms with Crippen molar-refractivity contribution in [3.8, 4) is 0 Å². The predicted octanol–water partition coefficient (Wildman–Crippen LogP) is 4.41. The van der Waals surface area contributed by atoms with E-state index in [4.69, 9.17) is 0 Å². The van der Waals surface area contributed by atoms with Gasteiger partial charge in [-0.1, -0.05) is 6.58 Å². The number of halogens is 1. The van der Waals surface area contributed by atoms with Crippen LogP contribution >= 0.6 is 0 Å². The summed E-state index contributed by atoms with van der Waals surface area (Å²) in [4.78, 5) is 26.8. The van der Waals surface area contributed by atoms with Gasteiger partial charge in [0.15, 0.2) is 5.82 Å². The molecule has 2 heterocycles. The molecular weight excluding hydrogens is 385 g/mol. The molecule has 0 bridgehead atoms. The molecular formula is C21H22FN7O. The standard InChI is InChI=1S/C21H22FN7O/c1-5-23-21(29-15-6-9-19(24-11-15)28-14(4)30)27-13(3)26-18-8-7-17-16(20(18)22)10-12(2)25-17/h5-11,25H,1H2,2-4H3,(H,24,28,30)(H2,23,26,27,29). The third kappa shape index (κ3) is 5.07. The number of aryl methyl sites for hydroxylation is 1. The fraction of sp³-hybridized carbons (Fsp3) is 0.143. The zero-order valence-electron chi connectivity index (χ0n) is 16.9. The van der Waals surface area contributed by atoms with Crippen LogP contribution < -0.4 is 16.0 Å². The number of guanidine groups is 1. The van der Waals surface area contributed by atoms with Gasteiger partial charge in [0.25, 0.3) is 0 Å². The predicted molar refractivity (Wildman–Crippen MR) is 120 cm³/mol. The van der Waals surface area contributed by atoms with Gasteiger partial charge in [0, 0.05) is 29.7 Å². The van der Waals surface area contributed by atoms with Crippen molar-refractivity contribution in [1.82, 2.24) is 9.97 Å². The van der Waals surface area contributed by atoms with Crippen LogP contribution in [0.3, 0.4) is 0 Å². The van der Waals surface area contributed by atoms with Crippen LogP contribution in [0, 0.1) is 12.7 Å². The third-order valence-corrected chi connectivity index (χ3v) is 4.00. The fourth-order valence-electron chi connectivity index (χ4n) is 2.81. The van der Waals surface area contributed by atoms with Crippen LogP contribution in [0.2, 0.25) is 0 Å². The first-order valence-corrected chi connectivity index (χ1v) is 9.15. The van der Waals surface area contributed by atoms with E-state index in [9.17, 15) is 9.18 Å². The number of aromatic nitrogens is 2. The Morgan fingerprint density at radius 2 is 2.00 bits per heavy atom. The van der Waals surface area contributed by atoms with E-state index in [0.717, 1.165) is 11.2 Å². The summed E-state index contributed by atoms with van der Waals surface area (Å²) in [6.45, 7) is 8.57. The average molecular weight is 407 g/mol. The van der Waals surface area contributed by atoms with E-state index in [1.807, 2.05) is 6.92 Å². The fourth-order valence-corrected chi connectivity index (χ4v) is 2.81. The largest absolute Gasteiger partial charge is 0.359 e. The van der Waals surface area contributed by atoms with Crippen molar-refractivity contribution in [1.29, 1.82) is 0 Å². The Balaban J connectivity index is 1.76.